The molecule has 0 bridgehead atoms. The standard InChI is InChI=1S/C16H22N4O3/c1-9(2)14(15(17)21)20-16(22)18-8-11-6-10-7-12(23-3)4-5-13(10)19-11/h4-7,9,14,19H,8H2,1-3H3,(H2,17,21)(H2,18,20,22)/t14-/m0/s1. The highest BCUT2D eigenvalue weighted by Crippen LogP contribution is 2.21. The molecule has 2 aromatic rings. The summed E-state index contributed by atoms with van der Waals surface area (Å²) in [5.74, 6) is 0.154. The molecular weight excluding hydrogens is 296 g/mol. The Labute approximate surface area is 134 Å². The molecule has 0 fully saturated rings. The molecule has 1 aromatic heterocycles. The molecule has 0 aliphatic heterocycles. The quantitative estimate of drug-likeness (QED) is 0.647. The Hall–Kier alpha value is -2.70. The third-order valence-corrected chi connectivity index (χ3v) is 3.58. The van der Waals surface area contributed by atoms with Crippen LogP contribution >= 0.6 is 0 Å². The molecule has 23 heavy (non-hydrogen) atoms. The summed E-state index contributed by atoms with van der Waals surface area (Å²) < 4.78 is 5.18. The van der Waals surface area contributed by atoms with Crippen molar-refractivity contribution in [2.24, 2.45) is 11.7 Å². The lowest BCUT2D eigenvalue weighted by molar-refractivity contribution is -0.120. The van der Waals surface area contributed by atoms with Crippen LogP contribution < -0.4 is 21.1 Å². The molecule has 0 saturated carbocycles. The molecule has 0 spiro atoms. The zero-order valence-corrected chi connectivity index (χ0v) is 13.5. The number of rotatable bonds is 6. The number of nitrogens with two attached hydrogens (primary N) is 1. The van der Waals surface area contributed by atoms with Crippen LogP contribution in [0.4, 0.5) is 4.79 Å². The van der Waals surface area contributed by atoms with Crippen LogP contribution in [0.3, 0.4) is 0 Å². The summed E-state index contributed by atoms with van der Waals surface area (Å²) >= 11 is 0. The molecule has 3 amide bonds. The summed E-state index contributed by atoms with van der Waals surface area (Å²) in [6.07, 6.45) is 0. The van der Waals surface area contributed by atoms with Gasteiger partial charge in [-0.05, 0) is 30.2 Å². The van der Waals surface area contributed by atoms with Crippen LogP contribution in [-0.4, -0.2) is 30.1 Å². The number of amides is 3. The van der Waals surface area contributed by atoms with Crippen molar-refractivity contribution in [1.29, 1.82) is 0 Å². The van der Waals surface area contributed by atoms with E-state index in [2.05, 4.69) is 15.6 Å². The lowest BCUT2D eigenvalue weighted by Crippen LogP contribution is -2.50. The third-order valence-electron chi connectivity index (χ3n) is 3.58. The summed E-state index contributed by atoms with van der Waals surface area (Å²) in [5, 5.41) is 6.29. The van der Waals surface area contributed by atoms with Gasteiger partial charge in [-0.1, -0.05) is 13.8 Å². The van der Waals surface area contributed by atoms with E-state index in [0.29, 0.717) is 6.54 Å². The van der Waals surface area contributed by atoms with Crippen molar-refractivity contribution in [1.82, 2.24) is 15.6 Å². The van der Waals surface area contributed by atoms with Gasteiger partial charge in [0.1, 0.15) is 11.8 Å². The second-order valence-corrected chi connectivity index (χ2v) is 5.70. The SMILES string of the molecule is COc1ccc2[nH]c(CNC(=O)N[C@H](C(N)=O)C(C)C)cc2c1. The normalized spacial score (nSPS) is 12.2. The summed E-state index contributed by atoms with van der Waals surface area (Å²) in [5.41, 5.74) is 7.08. The first-order chi connectivity index (χ1) is 10.9. The molecule has 2 rings (SSSR count). The maximum Gasteiger partial charge on any atom is 0.315 e. The number of aromatic nitrogens is 1. The number of hydrogen-bond donors (Lipinski definition) is 4. The molecule has 0 radical (unpaired) electrons. The van der Waals surface area contributed by atoms with Crippen molar-refractivity contribution in [3.63, 3.8) is 0 Å². The summed E-state index contributed by atoms with van der Waals surface area (Å²) in [7, 11) is 1.62. The van der Waals surface area contributed by atoms with Crippen molar-refractivity contribution >= 4 is 22.8 Å². The summed E-state index contributed by atoms with van der Waals surface area (Å²) in [6, 6.07) is 6.51. The zero-order chi connectivity index (χ0) is 17.0. The third kappa shape index (κ3) is 4.15. The van der Waals surface area contributed by atoms with E-state index in [1.54, 1.807) is 7.11 Å². The van der Waals surface area contributed by atoms with Crippen molar-refractivity contribution in [2.45, 2.75) is 26.4 Å². The van der Waals surface area contributed by atoms with Gasteiger partial charge in [0.2, 0.25) is 5.91 Å². The number of primary amides is 1. The van der Waals surface area contributed by atoms with Gasteiger partial charge < -0.3 is 26.1 Å². The number of methoxy groups -OCH3 is 1. The van der Waals surface area contributed by atoms with Gasteiger partial charge in [0.15, 0.2) is 0 Å². The molecule has 0 saturated heterocycles. The maximum absolute atomic E-state index is 11.9. The molecule has 0 aliphatic rings. The van der Waals surface area contributed by atoms with Crippen LogP contribution in [0, 0.1) is 5.92 Å². The van der Waals surface area contributed by atoms with Gasteiger partial charge in [-0.2, -0.15) is 0 Å². The average Bonchev–Trinajstić information content (AvgIpc) is 2.91. The largest absolute Gasteiger partial charge is 0.497 e. The molecule has 0 unspecified atom stereocenters. The van der Waals surface area contributed by atoms with Gasteiger partial charge in [0.25, 0.3) is 0 Å². The van der Waals surface area contributed by atoms with E-state index in [4.69, 9.17) is 10.5 Å². The number of urea groups is 1. The molecule has 1 aromatic carbocycles. The number of ether oxygens (including phenoxy) is 1. The van der Waals surface area contributed by atoms with Gasteiger partial charge in [0.05, 0.1) is 13.7 Å². The van der Waals surface area contributed by atoms with Crippen LogP contribution in [0.15, 0.2) is 24.3 Å². The lowest BCUT2D eigenvalue weighted by atomic mass is 10.0. The number of H-pyrrole nitrogens is 1. The molecule has 5 N–H and O–H groups in total. The summed E-state index contributed by atoms with van der Waals surface area (Å²) in [6.45, 7) is 3.95. The Kier molecular flexibility index (Phi) is 5.10. The predicted octanol–water partition coefficient (Wildman–Crippen LogP) is 1.49. The average molecular weight is 318 g/mol. The Bertz CT molecular complexity index is 708. The molecule has 124 valence electrons. The number of fused-ring (bicyclic) bond motifs is 1. The summed E-state index contributed by atoms with van der Waals surface area (Å²) in [4.78, 5) is 26.4. The van der Waals surface area contributed by atoms with Crippen LogP contribution in [0.25, 0.3) is 10.9 Å². The number of carbonyl (C=O) groups is 2. The second kappa shape index (κ2) is 7.04. The first-order valence-corrected chi connectivity index (χ1v) is 7.40. The molecular formula is C16H22N4O3. The first kappa shape index (κ1) is 16.7. The van der Waals surface area contributed by atoms with Gasteiger partial charge in [-0.3, -0.25) is 4.79 Å². The van der Waals surface area contributed by atoms with E-state index in [9.17, 15) is 9.59 Å². The highest BCUT2D eigenvalue weighted by atomic mass is 16.5. The molecule has 0 aliphatic carbocycles. The van der Waals surface area contributed by atoms with Gasteiger partial charge in [-0.15, -0.1) is 0 Å². The number of hydrogen-bond acceptors (Lipinski definition) is 3. The highest BCUT2D eigenvalue weighted by molar-refractivity contribution is 5.86. The highest BCUT2D eigenvalue weighted by Gasteiger charge is 2.21. The molecule has 7 heteroatoms. The van der Waals surface area contributed by atoms with Crippen LogP contribution in [0.1, 0.15) is 19.5 Å². The van der Waals surface area contributed by atoms with E-state index >= 15 is 0 Å². The van der Waals surface area contributed by atoms with Gasteiger partial charge in [-0.25, -0.2) is 4.79 Å². The van der Waals surface area contributed by atoms with Gasteiger partial charge >= 0.3 is 6.03 Å². The van der Waals surface area contributed by atoms with E-state index < -0.39 is 18.0 Å². The van der Waals surface area contributed by atoms with E-state index in [1.165, 1.54) is 0 Å². The minimum absolute atomic E-state index is 0.0706. The number of benzene rings is 1. The first-order valence-electron chi connectivity index (χ1n) is 7.40. The Morgan fingerprint density at radius 2 is 2.04 bits per heavy atom. The smallest absolute Gasteiger partial charge is 0.315 e. The van der Waals surface area contributed by atoms with Crippen molar-refractivity contribution in [2.75, 3.05) is 7.11 Å². The van der Waals surface area contributed by atoms with Crippen LogP contribution in [0.2, 0.25) is 0 Å². The zero-order valence-electron chi connectivity index (χ0n) is 13.5. The topological polar surface area (TPSA) is 109 Å². The minimum Gasteiger partial charge on any atom is -0.497 e. The Morgan fingerprint density at radius 1 is 1.30 bits per heavy atom. The van der Waals surface area contributed by atoms with E-state index in [1.807, 2.05) is 38.1 Å². The Balaban J connectivity index is 1.97. The van der Waals surface area contributed by atoms with Gasteiger partial charge in [0, 0.05) is 16.6 Å². The molecule has 1 heterocycles. The number of carbonyl (C=O) groups excluding carboxylic acids is 2. The lowest BCUT2D eigenvalue weighted by Gasteiger charge is -2.19. The second-order valence-electron chi connectivity index (χ2n) is 5.70. The van der Waals surface area contributed by atoms with Crippen molar-refractivity contribution < 1.29 is 14.3 Å². The van der Waals surface area contributed by atoms with Crippen molar-refractivity contribution in [3.05, 3.63) is 30.0 Å². The van der Waals surface area contributed by atoms with E-state index in [0.717, 1.165) is 22.3 Å². The molecule has 7 nitrogen and oxygen atoms in total. The number of nitrogens with one attached hydrogen (secondary N) is 3. The predicted molar refractivity (Wildman–Crippen MR) is 88.0 cm³/mol. The fourth-order valence-corrected chi connectivity index (χ4v) is 2.33. The fraction of sp³-hybridized carbons (Fsp3) is 0.375. The number of aromatic amines is 1. The minimum atomic E-state index is -0.693. The Morgan fingerprint density at radius 3 is 2.65 bits per heavy atom. The fourth-order valence-electron chi connectivity index (χ4n) is 2.33. The van der Waals surface area contributed by atoms with E-state index in [-0.39, 0.29) is 5.92 Å². The monoisotopic (exact) mass is 318 g/mol. The maximum atomic E-state index is 11.9. The molecule has 1 atom stereocenters. The van der Waals surface area contributed by atoms with Crippen molar-refractivity contribution in [3.8, 4) is 5.75 Å². The van der Waals surface area contributed by atoms with Crippen LogP contribution in [0.5, 0.6) is 5.75 Å². The van der Waals surface area contributed by atoms with Crippen LogP contribution in [-0.2, 0) is 11.3 Å².